The maximum atomic E-state index is 9.90. The molecule has 1 saturated carbocycles. The number of rotatable bonds is 4. The third-order valence-electron chi connectivity index (χ3n) is 5.37. The molecule has 0 spiro atoms. The minimum atomic E-state index is 0.197. The molecule has 2 atom stereocenters. The van der Waals surface area contributed by atoms with Crippen LogP contribution in [0, 0.1) is 11.3 Å². The van der Waals surface area contributed by atoms with Gasteiger partial charge in [0.15, 0.2) is 0 Å². The van der Waals surface area contributed by atoms with Crippen LogP contribution >= 0.6 is 0 Å². The molecule has 3 heteroatoms. The predicted molar refractivity (Wildman–Crippen MR) is 80.3 cm³/mol. The molecule has 2 aliphatic rings. The van der Waals surface area contributed by atoms with Gasteiger partial charge in [0.2, 0.25) is 0 Å². The maximum Gasteiger partial charge on any atom is 0.0499 e. The minimum absolute atomic E-state index is 0.197. The lowest BCUT2D eigenvalue weighted by molar-refractivity contribution is 0.0117. The second-order valence-electron chi connectivity index (χ2n) is 7.33. The van der Waals surface area contributed by atoms with Gasteiger partial charge < -0.3 is 14.9 Å². The van der Waals surface area contributed by atoms with E-state index in [0.717, 1.165) is 18.5 Å². The molecular weight excluding hydrogens is 236 g/mol. The Balaban J connectivity index is 1.86. The number of likely N-dealkylation sites (tertiary alicyclic amines) is 1. The maximum absolute atomic E-state index is 9.90. The number of piperidine rings is 1. The van der Waals surface area contributed by atoms with Crippen LogP contribution in [0.15, 0.2) is 0 Å². The van der Waals surface area contributed by atoms with E-state index in [2.05, 4.69) is 30.8 Å². The van der Waals surface area contributed by atoms with Crippen molar-refractivity contribution in [2.24, 2.45) is 11.3 Å². The highest BCUT2D eigenvalue weighted by molar-refractivity contribution is 4.89. The Morgan fingerprint density at radius 1 is 1.21 bits per heavy atom. The number of aliphatic hydroxyl groups is 1. The summed E-state index contributed by atoms with van der Waals surface area (Å²) in [6.45, 7) is 6.26. The van der Waals surface area contributed by atoms with Crippen LogP contribution in [0.4, 0.5) is 0 Å². The van der Waals surface area contributed by atoms with E-state index >= 15 is 0 Å². The Kier molecular flexibility index (Phi) is 5.27. The summed E-state index contributed by atoms with van der Waals surface area (Å²) in [7, 11) is 4.39. The molecule has 0 amide bonds. The molecule has 1 heterocycles. The summed E-state index contributed by atoms with van der Waals surface area (Å²) in [5, 5.41) is 9.90. The summed E-state index contributed by atoms with van der Waals surface area (Å²) in [6, 6.07) is 0.756. The Bertz CT molecular complexity index is 274. The molecule has 2 rings (SSSR count). The lowest BCUT2D eigenvalue weighted by atomic mass is 9.70. The van der Waals surface area contributed by atoms with Gasteiger partial charge in [0.25, 0.3) is 0 Å². The van der Waals surface area contributed by atoms with Crippen LogP contribution in [0.5, 0.6) is 0 Å². The fourth-order valence-corrected chi connectivity index (χ4v) is 4.17. The van der Waals surface area contributed by atoms with Gasteiger partial charge in [-0.1, -0.05) is 19.8 Å². The van der Waals surface area contributed by atoms with E-state index in [-0.39, 0.29) is 5.41 Å². The summed E-state index contributed by atoms with van der Waals surface area (Å²) in [6.07, 6.45) is 7.66. The topological polar surface area (TPSA) is 26.7 Å². The molecule has 1 aliphatic carbocycles. The van der Waals surface area contributed by atoms with E-state index in [1.54, 1.807) is 0 Å². The average Bonchev–Trinajstić information content (AvgIpc) is 2.39. The second kappa shape index (κ2) is 6.55. The zero-order valence-electron chi connectivity index (χ0n) is 13.1. The van der Waals surface area contributed by atoms with Crippen LogP contribution in [-0.2, 0) is 0 Å². The fraction of sp³-hybridized carbons (Fsp3) is 1.00. The van der Waals surface area contributed by atoms with Crippen molar-refractivity contribution in [3.05, 3.63) is 0 Å². The van der Waals surface area contributed by atoms with E-state index in [4.69, 9.17) is 0 Å². The Morgan fingerprint density at radius 2 is 1.89 bits per heavy atom. The first-order valence-electron chi connectivity index (χ1n) is 8.04. The molecule has 0 aromatic rings. The highest BCUT2D eigenvalue weighted by atomic mass is 16.3. The van der Waals surface area contributed by atoms with Gasteiger partial charge in [0.05, 0.1) is 0 Å². The molecule has 0 bridgehead atoms. The first-order chi connectivity index (χ1) is 9.04. The summed E-state index contributed by atoms with van der Waals surface area (Å²) >= 11 is 0. The molecule has 19 heavy (non-hydrogen) atoms. The van der Waals surface area contributed by atoms with Crippen molar-refractivity contribution >= 4 is 0 Å². The Hall–Kier alpha value is -0.120. The van der Waals surface area contributed by atoms with Crippen LogP contribution in [0.3, 0.4) is 0 Å². The zero-order valence-corrected chi connectivity index (χ0v) is 13.1. The number of hydrogen-bond acceptors (Lipinski definition) is 3. The highest BCUT2D eigenvalue weighted by Gasteiger charge is 2.36. The third kappa shape index (κ3) is 3.93. The van der Waals surface area contributed by atoms with Gasteiger partial charge in [0, 0.05) is 24.6 Å². The molecule has 1 saturated heterocycles. The van der Waals surface area contributed by atoms with Gasteiger partial charge in [-0.25, -0.2) is 0 Å². The van der Waals surface area contributed by atoms with Crippen molar-refractivity contribution in [3.8, 4) is 0 Å². The first-order valence-corrected chi connectivity index (χ1v) is 8.04. The first kappa shape index (κ1) is 15.3. The SMILES string of the molecule is CC1CCCC(CO)(CN2CCC(N(C)C)CC2)C1. The smallest absolute Gasteiger partial charge is 0.0499 e. The van der Waals surface area contributed by atoms with Crippen LogP contribution in [0.2, 0.25) is 0 Å². The van der Waals surface area contributed by atoms with Crippen LogP contribution < -0.4 is 0 Å². The van der Waals surface area contributed by atoms with E-state index in [0.29, 0.717) is 6.61 Å². The molecular formula is C16H32N2O. The molecule has 0 aromatic carbocycles. The van der Waals surface area contributed by atoms with E-state index < -0.39 is 0 Å². The standard InChI is InChI=1S/C16H32N2O/c1-14-5-4-8-16(11-14,13-19)12-18-9-6-15(7-10-18)17(2)3/h14-15,19H,4-13H2,1-3H3. The lowest BCUT2D eigenvalue weighted by Crippen LogP contribution is -2.48. The average molecular weight is 268 g/mol. The van der Waals surface area contributed by atoms with Crippen LogP contribution in [0.25, 0.3) is 0 Å². The van der Waals surface area contributed by atoms with E-state index in [1.807, 2.05) is 0 Å². The number of hydrogen-bond donors (Lipinski definition) is 1. The molecule has 2 fully saturated rings. The molecule has 0 radical (unpaired) electrons. The molecule has 3 nitrogen and oxygen atoms in total. The summed E-state index contributed by atoms with van der Waals surface area (Å²) in [5.41, 5.74) is 0.197. The van der Waals surface area contributed by atoms with Crippen LogP contribution in [0.1, 0.15) is 45.4 Å². The minimum Gasteiger partial charge on any atom is -0.396 e. The van der Waals surface area contributed by atoms with Crippen molar-refractivity contribution in [3.63, 3.8) is 0 Å². The van der Waals surface area contributed by atoms with Crippen molar-refractivity contribution in [1.29, 1.82) is 0 Å². The van der Waals surface area contributed by atoms with Gasteiger partial charge in [-0.05, 0) is 58.8 Å². The van der Waals surface area contributed by atoms with Crippen LogP contribution in [-0.4, -0.2) is 61.3 Å². The number of aliphatic hydroxyl groups excluding tert-OH is 1. The van der Waals surface area contributed by atoms with E-state index in [9.17, 15) is 5.11 Å². The molecule has 0 aromatic heterocycles. The summed E-state index contributed by atoms with van der Waals surface area (Å²) < 4.78 is 0. The monoisotopic (exact) mass is 268 g/mol. The van der Waals surface area contributed by atoms with Crippen molar-refractivity contribution in [2.75, 3.05) is 40.3 Å². The second-order valence-corrected chi connectivity index (χ2v) is 7.33. The van der Waals surface area contributed by atoms with Gasteiger partial charge in [-0.2, -0.15) is 0 Å². The summed E-state index contributed by atoms with van der Waals surface area (Å²) in [4.78, 5) is 4.97. The molecule has 112 valence electrons. The Labute approximate surface area is 119 Å². The zero-order chi connectivity index (χ0) is 13.9. The van der Waals surface area contributed by atoms with Crippen molar-refractivity contribution < 1.29 is 5.11 Å². The lowest BCUT2D eigenvalue weighted by Gasteiger charge is -2.44. The normalized spacial score (nSPS) is 34.9. The van der Waals surface area contributed by atoms with Gasteiger partial charge in [-0.15, -0.1) is 0 Å². The molecule has 1 N–H and O–H groups in total. The van der Waals surface area contributed by atoms with Gasteiger partial charge in [-0.3, -0.25) is 0 Å². The van der Waals surface area contributed by atoms with E-state index in [1.165, 1.54) is 51.6 Å². The quantitative estimate of drug-likeness (QED) is 0.847. The number of nitrogens with zero attached hydrogens (tertiary/aromatic N) is 2. The Morgan fingerprint density at radius 3 is 2.42 bits per heavy atom. The molecule has 1 aliphatic heterocycles. The van der Waals surface area contributed by atoms with Gasteiger partial charge >= 0.3 is 0 Å². The van der Waals surface area contributed by atoms with Crippen molar-refractivity contribution in [2.45, 2.75) is 51.5 Å². The molecule has 2 unspecified atom stereocenters. The fourth-order valence-electron chi connectivity index (χ4n) is 4.17. The highest BCUT2D eigenvalue weighted by Crippen LogP contribution is 2.40. The predicted octanol–water partition coefficient (Wildman–Crippen LogP) is 2.20. The van der Waals surface area contributed by atoms with Crippen molar-refractivity contribution in [1.82, 2.24) is 9.80 Å². The summed E-state index contributed by atoms with van der Waals surface area (Å²) in [5.74, 6) is 0.792. The third-order valence-corrected chi connectivity index (χ3v) is 5.37. The largest absolute Gasteiger partial charge is 0.396 e. The van der Waals surface area contributed by atoms with Gasteiger partial charge in [0.1, 0.15) is 0 Å².